The highest BCUT2D eigenvalue weighted by molar-refractivity contribution is 5.84. The fraction of sp³-hybridized carbons (Fsp3) is 0.364. The monoisotopic (exact) mass is 406 g/mol. The molecule has 2 aromatic carbocycles. The van der Waals surface area contributed by atoms with Crippen molar-refractivity contribution >= 4 is 22.4 Å². The summed E-state index contributed by atoms with van der Waals surface area (Å²) in [6.07, 6.45) is 0. The van der Waals surface area contributed by atoms with Gasteiger partial charge in [-0.15, -0.1) is 0 Å². The van der Waals surface area contributed by atoms with E-state index in [1.54, 1.807) is 0 Å². The number of anilines is 1. The molecule has 1 N–H and O–H groups in total. The lowest BCUT2D eigenvalue weighted by atomic mass is 10.1. The lowest BCUT2D eigenvalue weighted by molar-refractivity contribution is 0.122. The lowest BCUT2D eigenvalue weighted by Crippen LogP contribution is -2.37. The third kappa shape index (κ3) is 5.28. The first-order chi connectivity index (χ1) is 14.8. The van der Waals surface area contributed by atoms with Crippen LogP contribution in [0.4, 0.5) is 11.6 Å². The highest BCUT2D eigenvalue weighted by atomic mass is 16.5. The number of hydrogen-bond acceptors (Lipinski definition) is 8. The summed E-state index contributed by atoms with van der Waals surface area (Å²) >= 11 is 0. The molecule has 4 rings (SSSR count). The number of ether oxygens (including phenoxy) is 2. The maximum atomic E-state index is 5.79. The molecule has 1 saturated heterocycles. The van der Waals surface area contributed by atoms with E-state index >= 15 is 0 Å². The molecular formula is C22H26N6O2. The van der Waals surface area contributed by atoms with E-state index in [0.29, 0.717) is 38.2 Å². The van der Waals surface area contributed by atoms with E-state index in [0.717, 1.165) is 36.4 Å². The minimum atomic E-state index is 0.356. The van der Waals surface area contributed by atoms with Crippen LogP contribution in [0.5, 0.6) is 5.88 Å². The predicted octanol–water partition coefficient (Wildman–Crippen LogP) is 3.35. The Morgan fingerprint density at radius 2 is 1.90 bits per heavy atom. The highest BCUT2D eigenvalue weighted by Crippen LogP contribution is 2.22. The van der Waals surface area contributed by atoms with E-state index in [4.69, 9.17) is 9.47 Å². The van der Waals surface area contributed by atoms with Crippen LogP contribution in [0.15, 0.2) is 58.8 Å². The van der Waals surface area contributed by atoms with E-state index in [1.807, 2.05) is 37.4 Å². The molecule has 0 saturated carbocycles. The van der Waals surface area contributed by atoms with Crippen molar-refractivity contribution < 1.29 is 9.47 Å². The number of hydrogen-bond donors (Lipinski definition) is 1. The van der Waals surface area contributed by atoms with E-state index < -0.39 is 0 Å². The molecule has 0 amide bonds. The molecule has 0 spiro atoms. The summed E-state index contributed by atoms with van der Waals surface area (Å²) in [5.74, 6) is 1.20. The molecule has 0 aliphatic carbocycles. The minimum Gasteiger partial charge on any atom is -0.476 e. The summed E-state index contributed by atoms with van der Waals surface area (Å²) in [6.45, 7) is 4.50. The zero-order valence-corrected chi connectivity index (χ0v) is 17.1. The molecule has 30 heavy (non-hydrogen) atoms. The van der Waals surface area contributed by atoms with Gasteiger partial charge in [0.15, 0.2) is 0 Å². The van der Waals surface area contributed by atoms with Crippen LogP contribution < -0.4 is 15.0 Å². The minimum absolute atomic E-state index is 0.356. The van der Waals surface area contributed by atoms with Crippen LogP contribution in [0.3, 0.4) is 0 Å². The van der Waals surface area contributed by atoms with E-state index in [-0.39, 0.29) is 0 Å². The van der Waals surface area contributed by atoms with Gasteiger partial charge in [-0.25, -0.2) is 4.98 Å². The molecule has 156 valence electrons. The lowest BCUT2D eigenvalue weighted by Gasteiger charge is -2.27. The Balaban J connectivity index is 1.50. The third-order valence-corrected chi connectivity index (χ3v) is 4.79. The van der Waals surface area contributed by atoms with Crippen LogP contribution in [-0.2, 0) is 11.3 Å². The van der Waals surface area contributed by atoms with Crippen LogP contribution in [-0.4, -0.2) is 56.5 Å². The highest BCUT2D eigenvalue weighted by Gasteiger charge is 2.16. The number of likely N-dealkylation sites (N-methyl/N-ethyl adjacent to an activating group) is 1. The molecular weight excluding hydrogens is 380 g/mol. The molecule has 2 heterocycles. The average molecular weight is 406 g/mol. The predicted molar refractivity (Wildman–Crippen MR) is 117 cm³/mol. The number of morpholine rings is 1. The van der Waals surface area contributed by atoms with Crippen molar-refractivity contribution in [1.29, 1.82) is 0 Å². The summed E-state index contributed by atoms with van der Waals surface area (Å²) in [4.78, 5) is 11.4. The first kappa shape index (κ1) is 20.2. The van der Waals surface area contributed by atoms with Gasteiger partial charge in [0, 0.05) is 25.7 Å². The second-order valence-corrected chi connectivity index (χ2v) is 6.98. The largest absolute Gasteiger partial charge is 0.476 e. The van der Waals surface area contributed by atoms with Crippen molar-refractivity contribution in [3.8, 4) is 5.88 Å². The van der Waals surface area contributed by atoms with Gasteiger partial charge in [-0.3, -0.25) is 0 Å². The Bertz CT molecular complexity index is 1000. The number of rotatable bonds is 8. The van der Waals surface area contributed by atoms with Crippen LogP contribution in [0.25, 0.3) is 10.8 Å². The first-order valence-corrected chi connectivity index (χ1v) is 10.2. The summed E-state index contributed by atoms with van der Waals surface area (Å²) in [6, 6.07) is 16.1. The van der Waals surface area contributed by atoms with Gasteiger partial charge in [-0.2, -0.15) is 15.2 Å². The first-order valence-electron chi connectivity index (χ1n) is 10.2. The average Bonchev–Trinajstić information content (AvgIpc) is 2.80. The Hall–Kier alpha value is -3.10. The molecule has 1 aromatic heterocycles. The summed E-state index contributed by atoms with van der Waals surface area (Å²) < 4.78 is 11.2. The number of azo groups is 1. The van der Waals surface area contributed by atoms with Crippen molar-refractivity contribution in [2.75, 3.05) is 51.4 Å². The standard InChI is InChI=1S/C22H26N6O2/c1-23-8-11-30-21-15-20(25-22(26-21)28-9-12-29-13-10-28)16-24-27-19-7-6-17-4-2-3-5-18(17)14-19/h2-7,14-15,23H,8-13,16H2,1H3. The molecule has 8 heteroatoms. The quantitative estimate of drug-likeness (QED) is 0.456. The van der Waals surface area contributed by atoms with Gasteiger partial charge in [-0.05, 0) is 30.0 Å². The van der Waals surface area contributed by atoms with E-state index in [2.05, 4.69) is 48.6 Å². The van der Waals surface area contributed by atoms with Crippen LogP contribution in [0.1, 0.15) is 5.69 Å². The van der Waals surface area contributed by atoms with Gasteiger partial charge in [0.05, 0.1) is 24.6 Å². The number of benzene rings is 2. The maximum Gasteiger partial charge on any atom is 0.229 e. The second-order valence-electron chi connectivity index (χ2n) is 6.98. The molecule has 0 radical (unpaired) electrons. The van der Waals surface area contributed by atoms with Crippen LogP contribution >= 0.6 is 0 Å². The van der Waals surface area contributed by atoms with Gasteiger partial charge in [0.25, 0.3) is 0 Å². The Morgan fingerprint density at radius 1 is 1.07 bits per heavy atom. The summed E-state index contributed by atoms with van der Waals surface area (Å²) in [5, 5.41) is 14.1. The number of aromatic nitrogens is 2. The van der Waals surface area contributed by atoms with Crippen molar-refractivity contribution in [2.45, 2.75) is 6.54 Å². The van der Waals surface area contributed by atoms with Crippen molar-refractivity contribution in [1.82, 2.24) is 15.3 Å². The number of nitrogens with zero attached hydrogens (tertiary/aromatic N) is 5. The Morgan fingerprint density at radius 3 is 2.73 bits per heavy atom. The molecule has 1 fully saturated rings. The molecule has 3 aromatic rings. The summed E-state index contributed by atoms with van der Waals surface area (Å²) in [7, 11) is 1.89. The van der Waals surface area contributed by atoms with Gasteiger partial charge >= 0.3 is 0 Å². The van der Waals surface area contributed by atoms with Gasteiger partial charge < -0.3 is 19.7 Å². The fourth-order valence-electron chi connectivity index (χ4n) is 3.20. The molecule has 0 atom stereocenters. The smallest absolute Gasteiger partial charge is 0.229 e. The normalized spacial score (nSPS) is 14.5. The van der Waals surface area contributed by atoms with Crippen molar-refractivity contribution in [2.24, 2.45) is 10.2 Å². The van der Waals surface area contributed by atoms with E-state index in [1.165, 1.54) is 5.39 Å². The topological polar surface area (TPSA) is 84.2 Å². The molecule has 8 nitrogen and oxygen atoms in total. The SMILES string of the molecule is CNCCOc1cc(CN=Nc2ccc3ccccc3c2)nc(N2CCOCC2)n1. The van der Waals surface area contributed by atoms with Crippen LogP contribution in [0, 0.1) is 0 Å². The zero-order valence-electron chi connectivity index (χ0n) is 17.1. The second kappa shape index (κ2) is 10.1. The molecule has 1 aliphatic rings. The molecule has 0 bridgehead atoms. The van der Waals surface area contributed by atoms with Gasteiger partial charge in [0.1, 0.15) is 13.2 Å². The zero-order chi connectivity index (χ0) is 20.6. The molecule has 0 unspecified atom stereocenters. The van der Waals surface area contributed by atoms with Gasteiger partial charge in [-0.1, -0.05) is 30.3 Å². The van der Waals surface area contributed by atoms with Crippen molar-refractivity contribution in [3.05, 3.63) is 54.2 Å². The van der Waals surface area contributed by atoms with Crippen LogP contribution in [0.2, 0.25) is 0 Å². The summed E-state index contributed by atoms with van der Waals surface area (Å²) in [5.41, 5.74) is 1.59. The Kier molecular flexibility index (Phi) is 6.79. The van der Waals surface area contributed by atoms with E-state index in [9.17, 15) is 0 Å². The third-order valence-electron chi connectivity index (χ3n) is 4.79. The number of fused-ring (bicyclic) bond motifs is 1. The van der Waals surface area contributed by atoms with Crippen molar-refractivity contribution in [3.63, 3.8) is 0 Å². The molecule has 1 aliphatic heterocycles. The number of nitrogens with one attached hydrogen (secondary N) is 1. The fourth-order valence-corrected chi connectivity index (χ4v) is 3.20. The van der Waals surface area contributed by atoms with Gasteiger partial charge in [0.2, 0.25) is 11.8 Å². The maximum absolute atomic E-state index is 5.79. The Labute approximate surface area is 176 Å².